The molecule has 0 aromatic heterocycles. The Morgan fingerprint density at radius 3 is 2.80 bits per heavy atom. The Hall–Kier alpha value is -0.370. The monoisotopic (exact) mass is 201 g/mol. The molecular weight excluding hydrogens is 195 g/mol. The molecule has 1 aromatic carbocycles. The predicted molar refractivity (Wildman–Crippen MR) is 42.7 cm³/mol. The van der Waals surface area contributed by atoms with Crippen LogP contribution < -0.4 is 0 Å². The minimum Gasteiger partial charge on any atom is -0.206 e. The van der Waals surface area contributed by atoms with E-state index in [2.05, 4.69) is 22.0 Å². The van der Waals surface area contributed by atoms with Crippen molar-refractivity contribution in [2.45, 2.75) is 6.42 Å². The average molecular weight is 202 g/mol. The van der Waals surface area contributed by atoms with E-state index in [9.17, 15) is 4.39 Å². The molecule has 0 amide bonds. The smallest absolute Gasteiger partial charge is 0.131 e. The molecule has 0 saturated heterocycles. The first-order chi connectivity index (χ1) is 4.83. The van der Waals surface area contributed by atoms with E-state index in [1.165, 1.54) is 6.07 Å². The summed E-state index contributed by atoms with van der Waals surface area (Å²) in [7, 11) is 0. The van der Waals surface area contributed by atoms with E-state index in [0.717, 1.165) is 17.3 Å². The molecular formula is C8H7BrF. The summed E-state index contributed by atoms with van der Waals surface area (Å²) in [4.78, 5) is 0. The molecule has 53 valence electrons. The van der Waals surface area contributed by atoms with E-state index < -0.39 is 0 Å². The summed E-state index contributed by atoms with van der Waals surface area (Å²) >= 11 is 3.30. The maximum Gasteiger partial charge on any atom is 0.131 e. The molecule has 0 heterocycles. The quantitative estimate of drug-likeness (QED) is 0.646. The third kappa shape index (κ3) is 2.10. The lowest BCUT2D eigenvalue weighted by atomic mass is 10.2. The molecule has 2 heteroatoms. The molecule has 10 heavy (non-hydrogen) atoms. The van der Waals surface area contributed by atoms with Gasteiger partial charge in [0.15, 0.2) is 0 Å². The average Bonchev–Trinajstić information content (AvgIpc) is 1.95. The molecule has 0 aliphatic carbocycles. The van der Waals surface area contributed by atoms with Gasteiger partial charge in [0, 0.05) is 11.4 Å². The number of aryl methyl sites for hydroxylation is 1. The van der Waals surface area contributed by atoms with Crippen LogP contribution in [-0.2, 0) is 6.42 Å². The molecule has 1 aromatic rings. The zero-order chi connectivity index (χ0) is 7.40. The number of hydrogen-bond acceptors (Lipinski definition) is 0. The highest BCUT2D eigenvalue weighted by atomic mass is 79.9. The lowest BCUT2D eigenvalue weighted by Gasteiger charge is -1.94. The normalized spacial score (nSPS) is 9.80. The van der Waals surface area contributed by atoms with Gasteiger partial charge in [-0.25, -0.2) is 4.39 Å². The van der Waals surface area contributed by atoms with Gasteiger partial charge in [-0.05, 0) is 24.1 Å². The minimum absolute atomic E-state index is 0.293. The fourth-order valence-corrected chi connectivity index (χ4v) is 1.16. The van der Waals surface area contributed by atoms with Crippen molar-refractivity contribution < 1.29 is 4.39 Å². The fraction of sp³-hybridized carbons (Fsp3) is 0.250. The molecule has 0 nitrogen and oxygen atoms in total. The summed E-state index contributed by atoms with van der Waals surface area (Å²) in [5, 5.41) is 0.909. The Morgan fingerprint density at radius 2 is 2.30 bits per heavy atom. The molecule has 1 radical (unpaired) electrons. The van der Waals surface area contributed by atoms with Crippen molar-refractivity contribution in [1.29, 1.82) is 0 Å². The third-order valence-corrected chi connectivity index (χ3v) is 1.62. The van der Waals surface area contributed by atoms with Gasteiger partial charge in [0.05, 0.1) is 0 Å². The second-order valence-corrected chi connectivity index (χ2v) is 2.78. The van der Waals surface area contributed by atoms with Crippen molar-refractivity contribution in [3.63, 3.8) is 0 Å². The second kappa shape index (κ2) is 3.71. The van der Waals surface area contributed by atoms with Crippen molar-refractivity contribution in [1.82, 2.24) is 0 Å². The standard InChI is InChI=1S/C8H7BrF/c9-6-5-7-1-3-8(10)4-2-7/h1-3H,5-6H2. The predicted octanol–water partition coefficient (Wildman–Crippen LogP) is 2.56. The molecule has 1 rings (SSSR count). The number of halogens is 2. The summed E-state index contributed by atoms with van der Waals surface area (Å²) < 4.78 is 12.3. The Balaban J connectivity index is 2.69. The first-order valence-electron chi connectivity index (χ1n) is 3.05. The van der Waals surface area contributed by atoms with Gasteiger partial charge in [-0.15, -0.1) is 0 Å². The van der Waals surface area contributed by atoms with Crippen LogP contribution in [0.25, 0.3) is 0 Å². The zero-order valence-electron chi connectivity index (χ0n) is 5.40. The van der Waals surface area contributed by atoms with Crippen LogP contribution in [0.3, 0.4) is 0 Å². The Labute approximate surface area is 68.2 Å². The van der Waals surface area contributed by atoms with Gasteiger partial charge in [-0.1, -0.05) is 22.0 Å². The lowest BCUT2D eigenvalue weighted by Crippen LogP contribution is -1.84. The van der Waals surface area contributed by atoms with E-state index in [1.54, 1.807) is 12.1 Å². The van der Waals surface area contributed by atoms with E-state index in [0.29, 0.717) is 0 Å². The highest BCUT2D eigenvalue weighted by Gasteiger charge is 1.91. The van der Waals surface area contributed by atoms with Gasteiger partial charge < -0.3 is 0 Å². The van der Waals surface area contributed by atoms with Crippen LogP contribution in [0, 0.1) is 11.9 Å². The molecule has 0 bridgehead atoms. The van der Waals surface area contributed by atoms with Crippen molar-refractivity contribution in [2.75, 3.05) is 5.33 Å². The highest BCUT2D eigenvalue weighted by molar-refractivity contribution is 9.09. The Bertz CT molecular complexity index is 193. The zero-order valence-corrected chi connectivity index (χ0v) is 6.99. The van der Waals surface area contributed by atoms with Gasteiger partial charge >= 0.3 is 0 Å². The summed E-state index contributed by atoms with van der Waals surface area (Å²) in [6.07, 6.45) is 0.927. The summed E-state index contributed by atoms with van der Waals surface area (Å²) in [6, 6.07) is 7.37. The number of alkyl halides is 1. The molecule has 0 aliphatic rings. The van der Waals surface area contributed by atoms with Gasteiger partial charge in [-0.3, -0.25) is 0 Å². The molecule has 0 saturated carbocycles. The summed E-state index contributed by atoms with van der Waals surface area (Å²) in [5.74, 6) is -0.293. The number of benzene rings is 1. The van der Waals surface area contributed by atoms with Crippen molar-refractivity contribution in [3.8, 4) is 0 Å². The van der Waals surface area contributed by atoms with Gasteiger partial charge in [0.25, 0.3) is 0 Å². The first-order valence-corrected chi connectivity index (χ1v) is 4.17. The second-order valence-electron chi connectivity index (χ2n) is 1.98. The van der Waals surface area contributed by atoms with Gasteiger partial charge in [0.2, 0.25) is 0 Å². The highest BCUT2D eigenvalue weighted by Crippen LogP contribution is 2.03. The van der Waals surface area contributed by atoms with Crippen LogP contribution in [0.15, 0.2) is 18.2 Å². The molecule has 0 unspecified atom stereocenters. The molecule has 0 fully saturated rings. The largest absolute Gasteiger partial charge is 0.206 e. The van der Waals surface area contributed by atoms with Crippen LogP contribution in [0.5, 0.6) is 0 Å². The van der Waals surface area contributed by atoms with E-state index >= 15 is 0 Å². The Morgan fingerprint density at radius 1 is 1.50 bits per heavy atom. The third-order valence-electron chi connectivity index (χ3n) is 1.22. The molecule has 0 aliphatic heterocycles. The molecule has 0 N–H and O–H groups in total. The number of hydrogen-bond donors (Lipinski definition) is 0. The van der Waals surface area contributed by atoms with Crippen molar-refractivity contribution in [2.24, 2.45) is 0 Å². The molecule has 0 atom stereocenters. The van der Waals surface area contributed by atoms with Crippen LogP contribution in [0.2, 0.25) is 0 Å². The number of rotatable bonds is 2. The van der Waals surface area contributed by atoms with Crippen molar-refractivity contribution in [3.05, 3.63) is 35.6 Å². The van der Waals surface area contributed by atoms with E-state index in [1.807, 2.05) is 0 Å². The summed E-state index contributed by atoms with van der Waals surface area (Å²) in [6.45, 7) is 0. The fourth-order valence-electron chi connectivity index (χ4n) is 0.703. The van der Waals surface area contributed by atoms with E-state index in [4.69, 9.17) is 0 Å². The van der Waals surface area contributed by atoms with Crippen molar-refractivity contribution >= 4 is 15.9 Å². The molecule has 0 spiro atoms. The first kappa shape index (κ1) is 7.73. The van der Waals surface area contributed by atoms with Crippen LogP contribution in [0.1, 0.15) is 5.56 Å². The van der Waals surface area contributed by atoms with Crippen LogP contribution in [0.4, 0.5) is 4.39 Å². The summed E-state index contributed by atoms with van der Waals surface area (Å²) in [5.41, 5.74) is 1.11. The Kier molecular flexibility index (Phi) is 2.87. The van der Waals surface area contributed by atoms with Gasteiger partial charge in [0.1, 0.15) is 5.82 Å². The van der Waals surface area contributed by atoms with E-state index in [-0.39, 0.29) is 5.82 Å². The minimum atomic E-state index is -0.293. The maximum atomic E-state index is 12.3. The topological polar surface area (TPSA) is 0 Å². The lowest BCUT2D eigenvalue weighted by molar-refractivity contribution is 0.625. The van der Waals surface area contributed by atoms with Crippen LogP contribution >= 0.6 is 15.9 Å². The SMILES string of the molecule is Fc1[c]cc(CCBr)cc1. The van der Waals surface area contributed by atoms with Crippen LogP contribution in [-0.4, -0.2) is 5.33 Å². The maximum absolute atomic E-state index is 12.3. The van der Waals surface area contributed by atoms with Gasteiger partial charge in [-0.2, -0.15) is 0 Å².